The van der Waals surface area contributed by atoms with Gasteiger partial charge >= 0.3 is 6.09 Å². The minimum absolute atomic E-state index is 0.0341. The van der Waals surface area contributed by atoms with Crippen LogP contribution in [0.1, 0.15) is 20.3 Å². The van der Waals surface area contributed by atoms with E-state index < -0.39 is 5.82 Å². The maximum Gasteiger partial charge on any atom is 0.409 e. The number of carbonyl (C=O) groups is 2. The Labute approximate surface area is 158 Å². The summed E-state index contributed by atoms with van der Waals surface area (Å²) in [4.78, 5) is 27.9. The smallest absolute Gasteiger partial charge is 0.409 e. The van der Waals surface area contributed by atoms with Gasteiger partial charge in [-0.15, -0.1) is 0 Å². The molecule has 0 radical (unpaired) electrons. The molecular weight excluding hydrogens is 361 g/mol. The molecule has 2 rings (SSSR count). The van der Waals surface area contributed by atoms with Gasteiger partial charge in [0.1, 0.15) is 5.82 Å². The van der Waals surface area contributed by atoms with Crippen molar-refractivity contribution in [3.8, 4) is 0 Å². The van der Waals surface area contributed by atoms with Gasteiger partial charge in [0, 0.05) is 31.9 Å². The predicted octanol–water partition coefficient (Wildman–Crippen LogP) is 3.22. The second-order valence-electron chi connectivity index (χ2n) is 6.76. The lowest BCUT2D eigenvalue weighted by atomic mass is 10.2. The van der Waals surface area contributed by atoms with E-state index in [1.54, 1.807) is 4.90 Å². The van der Waals surface area contributed by atoms with Crippen molar-refractivity contribution in [2.24, 2.45) is 5.92 Å². The molecule has 0 spiro atoms. The molecule has 0 unspecified atom stereocenters. The van der Waals surface area contributed by atoms with Crippen molar-refractivity contribution in [3.05, 3.63) is 29.0 Å². The first-order chi connectivity index (χ1) is 12.3. The zero-order valence-electron chi connectivity index (χ0n) is 15.1. The van der Waals surface area contributed by atoms with Crippen LogP contribution in [0.15, 0.2) is 18.2 Å². The zero-order chi connectivity index (χ0) is 19.1. The number of nitrogens with zero attached hydrogens (tertiary/aromatic N) is 2. The number of benzene rings is 1. The molecular formula is C18H25ClFN3O3. The van der Waals surface area contributed by atoms with Crippen LogP contribution in [-0.4, -0.2) is 61.1 Å². The number of amides is 2. The van der Waals surface area contributed by atoms with Gasteiger partial charge in [-0.2, -0.15) is 0 Å². The Balaban J connectivity index is 1.80. The summed E-state index contributed by atoms with van der Waals surface area (Å²) in [6.45, 7) is 7.02. The third-order valence-corrected chi connectivity index (χ3v) is 4.25. The molecule has 0 aliphatic carbocycles. The van der Waals surface area contributed by atoms with Gasteiger partial charge in [0.25, 0.3) is 0 Å². The first-order valence-electron chi connectivity index (χ1n) is 8.74. The molecule has 1 aromatic rings. The van der Waals surface area contributed by atoms with Crippen LogP contribution in [0.25, 0.3) is 0 Å². The first-order valence-corrected chi connectivity index (χ1v) is 9.12. The standard InChI is InChI=1S/C18H25ClFN3O3/c1-13(2)12-26-18(25)23-7-3-6-22(8-9-23)11-17(24)21-14-4-5-16(20)15(19)10-14/h4-5,10,13H,3,6-9,11-12H2,1-2H3,(H,21,24). The van der Waals surface area contributed by atoms with E-state index in [0.29, 0.717) is 44.4 Å². The Morgan fingerprint density at radius 3 is 2.73 bits per heavy atom. The number of nitrogens with one attached hydrogen (secondary N) is 1. The molecule has 2 amide bonds. The Morgan fingerprint density at radius 2 is 2.04 bits per heavy atom. The van der Waals surface area contributed by atoms with Crippen molar-refractivity contribution < 1.29 is 18.7 Å². The Bertz CT molecular complexity index is 642. The van der Waals surface area contributed by atoms with E-state index in [4.69, 9.17) is 16.3 Å². The summed E-state index contributed by atoms with van der Waals surface area (Å²) >= 11 is 5.72. The van der Waals surface area contributed by atoms with Crippen LogP contribution in [0.2, 0.25) is 5.02 Å². The summed E-state index contributed by atoms with van der Waals surface area (Å²) in [6.07, 6.45) is 0.470. The molecule has 0 bridgehead atoms. The van der Waals surface area contributed by atoms with E-state index in [0.717, 1.165) is 6.42 Å². The van der Waals surface area contributed by atoms with E-state index in [1.165, 1.54) is 18.2 Å². The molecule has 6 nitrogen and oxygen atoms in total. The molecule has 26 heavy (non-hydrogen) atoms. The highest BCUT2D eigenvalue weighted by Crippen LogP contribution is 2.19. The van der Waals surface area contributed by atoms with E-state index in [9.17, 15) is 14.0 Å². The summed E-state index contributed by atoms with van der Waals surface area (Å²) < 4.78 is 18.4. The van der Waals surface area contributed by atoms with Crippen LogP contribution in [0, 0.1) is 11.7 Å². The van der Waals surface area contributed by atoms with Gasteiger partial charge in [0.05, 0.1) is 18.2 Å². The zero-order valence-corrected chi connectivity index (χ0v) is 15.9. The van der Waals surface area contributed by atoms with Crippen LogP contribution in [-0.2, 0) is 9.53 Å². The maximum absolute atomic E-state index is 13.2. The molecule has 1 aliphatic rings. The minimum atomic E-state index is -0.526. The highest BCUT2D eigenvalue weighted by molar-refractivity contribution is 6.31. The summed E-state index contributed by atoms with van der Waals surface area (Å²) in [5.74, 6) is -0.434. The lowest BCUT2D eigenvalue weighted by Crippen LogP contribution is -2.38. The molecule has 0 saturated carbocycles. The first kappa shape index (κ1) is 20.5. The summed E-state index contributed by atoms with van der Waals surface area (Å²) in [5, 5.41) is 2.67. The molecule has 0 aromatic heterocycles. The molecule has 1 fully saturated rings. The Kier molecular flexibility index (Phi) is 7.66. The van der Waals surface area contributed by atoms with Crippen molar-refractivity contribution in [1.29, 1.82) is 0 Å². The van der Waals surface area contributed by atoms with Crippen LogP contribution in [0.3, 0.4) is 0 Å². The Morgan fingerprint density at radius 1 is 1.27 bits per heavy atom. The van der Waals surface area contributed by atoms with Crippen molar-refractivity contribution in [2.45, 2.75) is 20.3 Å². The van der Waals surface area contributed by atoms with E-state index >= 15 is 0 Å². The number of ether oxygens (including phenoxy) is 1. The molecule has 1 aliphatic heterocycles. The number of carbonyl (C=O) groups excluding carboxylic acids is 2. The van der Waals surface area contributed by atoms with Gasteiger partial charge in [0.15, 0.2) is 0 Å². The van der Waals surface area contributed by atoms with Gasteiger partial charge in [0.2, 0.25) is 5.91 Å². The Hall–Kier alpha value is -1.86. The fraction of sp³-hybridized carbons (Fsp3) is 0.556. The average molecular weight is 386 g/mol. The second kappa shape index (κ2) is 9.73. The number of rotatable bonds is 5. The number of hydrogen-bond acceptors (Lipinski definition) is 4. The average Bonchev–Trinajstić information content (AvgIpc) is 2.81. The van der Waals surface area contributed by atoms with Crippen LogP contribution in [0.4, 0.5) is 14.9 Å². The number of hydrogen-bond donors (Lipinski definition) is 1. The SMILES string of the molecule is CC(C)COC(=O)N1CCCN(CC(=O)Nc2ccc(F)c(Cl)c2)CC1. The molecule has 144 valence electrons. The van der Waals surface area contributed by atoms with E-state index in [1.807, 2.05) is 18.7 Å². The summed E-state index contributed by atoms with van der Waals surface area (Å²) in [7, 11) is 0. The fourth-order valence-electron chi connectivity index (χ4n) is 2.62. The lowest BCUT2D eigenvalue weighted by molar-refractivity contribution is -0.117. The maximum atomic E-state index is 13.2. The lowest BCUT2D eigenvalue weighted by Gasteiger charge is -2.21. The summed E-state index contributed by atoms with van der Waals surface area (Å²) in [5.41, 5.74) is 0.454. The minimum Gasteiger partial charge on any atom is -0.449 e. The number of halogens is 2. The topological polar surface area (TPSA) is 61.9 Å². The van der Waals surface area contributed by atoms with Gasteiger partial charge in [-0.25, -0.2) is 9.18 Å². The summed E-state index contributed by atoms with van der Waals surface area (Å²) in [6, 6.07) is 4.06. The van der Waals surface area contributed by atoms with Crippen molar-refractivity contribution in [2.75, 3.05) is 44.6 Å². The molecule has 0 atom stereocenters. The van der Waals surface area contributed by atoms with E-state index in [-0.39, 0.29) is 23.6 Å². The molecule has 8 heteroatoms. The van der Waals surface area contributed by atoms with Gasteiger partial charge in [-0.05, 0) is 30.5 Å². The predicted molar refractivity (Wildman–Crippen MR) is 98.9 cm³/mol. The van der Waals surface area contributed by atoms with Crippen molar-refractivity contribution in [3.63, 3.8) is 0 Å². The van der Waals surface area contributed by atoms with Gasteiger partial charge in [-0.3, -0.25) is 9.69 Å². The quantitative estimate of drug-likeness (QED) is 0.845. The number of anilines is 1. The molecule has 1 heterocycles. The molecule has 1 aromatic carbocycles. The van der Waals surface area contributed by atoms with Crippen molar-refractivity contribution >= 4 is 29.3 Å². The van der Waals surface area contributed by atoms with Gasteiger partial charge in [-0.1, -0.05) is 25.4 Å². The third-order valence-electron chi connectivity index (χ3n) is 3.96. The monoisotopic (exact) mass is 385 g/mol. The normalized spacial score (nSPS) is 15.7. The van der Waals surface area contributed by atoms with Gasteiger partial charge < -0.3 is 15.0 Å². The van der Waals surface area contributed by atoms with Crippen LogP contribution < -0.4 is 5.32 Å². The molecule has 1 saturated heterocycles. The largest absolute Gasteiger partial charge is 0.449 e. The molecule has 1 N–H and O–H groups in total. The van der Waals surface area contributed by atoms with Crippen LogP contribution >= 0.6 is 11.6 Å². The highest BCUT2D eigenvalue weighted by Gasteiger charge is 2.21. The fourth-order valence-corrected chi connectivity index (χ4v) is 2.80. The highest BCUT2D eigenvalue weighted by atomic mass is 35.5. The second-order valence-corrected chi connectivity index (χ2v) is 7.17. The van der Waals surface area contributed by atoms with Crippen LogP contribution in [0.5, 0.6) is 0 Å². The van der Waals surface area contributed by atoms with Crippen molar-refractivity contribution in [1.82, 2.24) is 9.80 Å². The third kappa shape index (κ3) is 6.46. The van der Waals surface area contributed by atoms with E-state index in [2.05, 4.69) is 5.32 Å².